The second-order valence-electron chi connectivity index (χ2n) is 6.47. The van der Waals surface area contributed by atoms with Gasteiger partial charge in [0.2, 0.25) is 0 Å². The average Bonchev–Trinajstić information content (AvgIpc) is 2.67. The highest BCUT2D eigenvalue weighted by Crippen LogP contribution is 2.32. The molecule has 0 unspecified atom stereocenters. The maximum absolute atomic E-state index is 12.4. The molecule has 0 atom stereocenters. The van der Waals surface area contributed by atoms with E-state index in [4.69, 9.17) is 11.6 Å². The maximum atomic E-state index is 12.4. The van der Waals surface area contributed by atoms with Crippen LogP contribution in [0, 0.1) is 0 Å². The van der Waals surface area contributed by atoms with E-state index in [1.165, 1.54) is 37.0 Å². The lowest BCUT2D eigenvalue weighted by Gasteiger charge is -2.22. The fourth-order valence-corrected chi connectivity index (χ4v) is 4.17. The third-order valence-electron chi connectivity index (χ3n) is 4.67. The molecule has 0 bridgehead atoms. The molecule has 2 aromatic carbocycles. The number of carbonyl (C=O) groups excluding carboxylic acids is 1. The van der Waals surface area contributed by atoms with Crippen molar-refractivity contribution in [3.8, 4) is 0 Å². The minimum absolute atomic E-state index is 0.119. The van der Waals surface area contributed by atoms with Crippen LogP contribution in [0.1, 0.15) is 53.9 Å². The molecule has 1 saturated carbocycles. The van der Waals surface area contributed by atoms with E-state index >= 15 is 0 Å². The normalized spacial score (nSPS) is 15.6. The minimum atomic E-state index is -3.83. The van der Waals surface area contributed by atoms with Gasteiger partial charge in [-0.15, -0.1) is 4.83 Å². The van der Waals surface area contributed by atoms with Crippen LogP contribution in [0.3, 0.4) is 0 Å². The molecule has 2 N–H and O–H groups in total. The Labute approximate surface area is 158 Å². The van der Waals surface area contributed by atoms with Crippen molar-refractivity contribution in [2.24, 2.45) is 0 Å². The van der Waals surface area contributed by atoms with Gasteiger partial charge in [-0.3, -0.25) is 10.2 Å². The first-order valence-electron chi connectivity index (χ1n) is 8.63. The van der Waals surface area contributed by atoms with Crippen molar-refractivity contribution in [2.45, 2.75) is 42.9 Å². The Morgan fingerprint density at radius 2 is 1.54 bits per heavy atom. The molecule has 2 aromatic rings. The first-order chi connectivity index (χ1) is 12.5. The highest BCUT2D eigenvalue weighted by Gasteiger charge is 2.19. The molecule has 7 heteroatoms. The van der Waals surface area contributed by atoms with Crippen molar-refractivity contribution in [1.29, 1.82) is 0 Å². The van der Waals surface area contributed by atoms with Gasteiger partial charge < -0.3 is 0 Å². The summed E-state index contributed by atoms with van der Waals surface area (Å²) in [6, 6.07) is 13.1. The molecule has 0 aliphatic heterocycles. The summed E-state index contributed by atoms with van der Waals surface area (Å²) in [7, 11) is -3.83. The average molecular weight is 393 g/mol. The summed E-state index contributed by atoms with van der Waals surface area (Å²) in [5, 5.41) is 0.500. The zero-order valence-corrected chi connectivity index (χ0v) is 15.8. The number of benzene rings is 2. The van der Waals surface area contributed by atoms with E-state index in [-0.39, 0.29) is 4.90 Å². The lowest BCUT2D eigenvalue weighted by molar-refractivity contribution is 0.0945. The number of halogens is 1. The van der Waals surface area contributed by atoms with Gasteiger partial charge in [-0.25, -0.2) is 8.42 Å². The zero-order chi connectivity index (χ0) is 18.6. The van der Waals surface area contributed by atoms with Crippen LogP contribution in [-0.2, 0) is 10.0 Å². The second kappa shape index (κ2) is 8.20. The quantitative estimate of drug-likeness (QED) is 0.755. The Hall–Kier alpha value is -1.89. The topological polar surface area (TPSA) is 75.3 Å². The SMILES string of the molecule is O=C(NNS(=O)(=O)c1ccc(C2CCCCC2)cc1)c1ccc(Cl)cc1. The van der Waals surface area contributed by atoms with Gasteiger partial charge in [-0.1, -0.05) is 43.0 Å². The number of nitrogens with one attached hydrogen (secondary N) is 2. The van der Waals surface area contributed by atoms with Crippen LogP contribution in [0.15, 0.2) is 53.4 Å². The van der Waals surface area contributed by atoms with Gasteiger partial charge in [0.15, 0.2) is 0 Å². The molecule has 0 aromatic heterocycles. The maximum Gasteiger partial charge on any atom is 0.266 e. The zero-order valence-electron chi connectivity index (χ0n) is 14.2. The summed E-state index contributed by atoms with van der Waals surface area (Å²) >= 11 is 5.77. The summed E-state index contributed by atoms with van der Waals surface area (Å²) in [4.78, 5) is 14.3. The highest BCUT2D eigenvalue weighted by atomic mass is 35.5. The molecule has 1 amide bonds. The number of hydrogen-bond acceptors (Lipinski definition) is 3. The summed E-state index contributed by atoms with van der Waals surface area (Å²) < 4.78 is 24.7. The van der Waals surface area contributed by atoms with Crippen LogP contribution in [0.2, 0.25) is 5.02 Å². The predicted molar refractivity (Wildman–Crippen MR) is 102 cm³/mol. The van der Waals surface area contributed by atoms with E-state index in [9.17, 15) is 13.2 Å². The molecular formula is C19H21ClN2O3S. The predicted octanol–water partition coefficient (Wildman–Crippen LogP) is 4.01. The van der Waals surface area contributed by atoms with E-state index in [1.54, 1.807) is 24.3 Å². The number of hydrogen-bond donors (Lipinski definition) is 2. The number of carbonyl (C=O) groups is 1. The smallest absolute Gasteiger partial charge is 0.266 e. The first kappa shape index (κ1) is 18.9. The Kier molecular flexibility index (Phi) is 5.96. The molecular weight excluding hydrogens is 372 g/mol. The monoisotopic (exact) mass is 392 g/mol. The minimum Gasteiger partial charge on any atom is -0.273 e. The van der Waals surface area contributed by atoms with Crippen LogP contribution in [-0.4, -0.2) is 14.3 Å². The van der Waals surface area contributed by atoms with Gasteiger partial charge in [-0.05, 0) is 60.7 Å². The molecule has 0 radical (unpaired) electrons. The highest BCUT2D eigenvalue weighted by molar-refractivity contribution is 7.89. The van der Waals surface area contributed by atoms with Crippen LogP contribution in [0.25, 0.3) is 0 Å². The number of rotatable bonds is 5. The summed E-state index contributed by atoms with van der Waals surface area (Å²) in [6.07, 6.45) is 6.04. The summed E-state index contributed by atoms with van der Waals surface area (Å²) in [5.74, 6) is -0.0397. The Morgan fingerprint density at radius 3 is 2.15 bits per heavy atom. The number of hydrazine groups is 1. The molecule has 1 aliphatic carbocycles. The van der Waals surface area contributed by atoms with Crippen LogP contribution in [0.4, 0.5) is 0 Å². The van der Waals surface area contributed by atoms with Crippen molar-refractivity contribution < 1.29 is 13.2 Å². The third kappa shape index (κ3) is 4.63. The van der Waals surface area contributed by atoms with E-state index < -0.39 is 15.9 Å². The van der Waals surface area contributed by atoms with Gasteiger partial charge in [0, 0.05) is 10.6 Å². The van der Waals surface area contributed by atoms with Crippen molar-refractivity contribution in [3.63, 3.8) is 0 Å². The van der Waals surface area contributed by atoms with Gasteiger partial charge in [0.1, 0.15) is 0 Å². The molecule has 0 heterocycles. The lowest BCUT2D eigenvalue weighted by Crippen LogP contribution is -2.41. The van der Waals surface area contributed by atoms with Crippen molar-refractivity contribution >= 4 is 27.5 Å². The van der Waals surface area contributed by atoms with E-state index in [1.807, 2.05) is 12.1 Å². The first-order valence-corrected chi connectivity index (χ1v) is 10.5. The standard InChI is InChI=1S/C19H21ClN2O3S/c20-17-10-6-16(7-11-17)19(23)21-22-26(24,25)18-12-8-15(9-13-18)14-4-2-1-3-5-14/h6-14,22H,1-5H2,(H,21,23). The molecule has 5 nitrogen and oxygen atoms in total. The number of sulfonamides is 1. The second-order valence-corrected chi connectivity index (χ2v) is 8.59. The van der Waals surface area contributed by atoms with Gasteiger partial charge in [0.05, 0.1) is 4.90 Å². The van der Waals surface area contributed by atoms with E-state index in [0.29, 0.717) is 16.5 Å². The van der Waals surface area contributed by atoms with E-state index in [0.717, 1.165) is 12.8 Å². The van der Waals surface area contributed by atoms with E-state index in [2.05, 4.69) is 10.3 Å². The third-order valence-corrected chi connectivity index (χ3v) is 6.19. The van der Waals surface area contributed by atoms with Gasteiger partial charge in [0.25, 0.3) is 15.9 Å². The molecule has 0 saturated heterocycles. The van der Waals surface area contributed by atoms with Crippen molar-refractivity contribution in [2.75, 3.05) is 0 Å². The Balaban J connectivity index is 1.64. The van der Waals surface area contributed by atoms with Crippen LogP contribution >= 0.6 is 11.6 Å². The lowest BCUT2D eigenvalue weighted by atomic mass is 9.84. The molecule has 138 valence electrons. The Bertz CT molecular complexity index is 859. The Morgan fingerprint density at radius 1 is 0.923 bits per heavy atom. The molecule has 26 heavy (non-hydrogen) atoms. The largest absolute Gasteiger partial charge is 0.273 e. The van der Waals surface area contributed by atoms with Crippen molar-refractivity contribution in [3.05, 3.63) is 64.7 Å². The van der Waals surface area contributed by atoms with Crippen LogP contribution < -0.4 is 10.3 Å². The fourth-order valence-electron chi connectivity index (χ4n) is 3.20. The summed E-state index contributed by atoms with van der Waals surface area (Å²) in [6.45, 7) is 0. The summed E-state index contributed by atoms with van der Waals surface area (Å²) in [5.41, 5.74) is 3.70. The molecule has 1 fully saturated rings. The fraction of sp³-hybridized carbons (Fsp3) is 0.316. The molecule has 1 aliphatic rings. The van der Waals surface area contributed by atoms with Crippen LogP contribution in [0.5, 0.6) is 0 Å². The van der Waals surface area contributed by atoms with Gasteiger partial charge >= 0.3 is 0 Å². The van der Waals surface area contributed by atoms with Crippen molar-refractivity contribution in [1.82, 2.24) is 10.3 Å². The molecule has 0 spiro atoms. The molecule has 3 rings (SSSR count). The number of amides is 1. The van der Waals surface area contributed by atoms with Gasteiger partial charge in [-0.2, -0.15) is 0 Å².